The van der Waals surface area contributed by atoms with E-state index in [1.54, 1.807) is 0 Å². The van der Waals surface area contributed by atoms with E-state index in [2.05, 4.69) is 69.5 Å². The molecule has 5 aromatic rings. The summed E-state index contributed by atoms with van der Waals surface area (Å²) in [6, 6.07) is 36.5. The maximum absolute atomic E-state index is 12.8. The number of pyridine rings is 1. The molecule has 5 heteroatoms. The van der Waals surface area contributed by atoms with Crippen LogP contribution >= 0.6 is 0 Å². The quantitative estimate of drug-likeness (QED) is 0.209. The second kappa shape index (κ2) is 11.5. The van der Waals surface area contributed by atoms with Gasteiger partial charge in [0.05, 0.1) is 5.52 Å². The highest BCUT2D eigenvalue weighted by Crippen LogP contribution is 2.26. The molecule has 37 heavy (non-hydrogen) atoms. The highest BCUT2D eigenvalue weighted by Gasteiger charge is 2.08. The summed E-state index contributed by atoms with van der Waals surface area (Å²) in [6.07, 6.45) is 0. The van der Waals surface area contributed by atoms with E-state index in [4.69, 9.17) is 0 Å². The van der Waals surface area contributed by atoms with Crippen LogP contribution in [0.3, 0.4) is 0 Å². The predicted octanol–water partition coefficient (Wildman–Crippen LogP) is 6.47. The molecule has 0 unspecified atom stereocenters. The van der Waals surface area contributed by atoms with Gasteiger partial charge in [0, 0.05) is 47.7 Å². The van der Waals surface area contributed by atoms with Crippen LogP contribution in [0.1, 0.15) is 21.6 Å². The third kappa shape index (κ3) is 6.21. The molecule has 184 valence electrons. The molecule has 3 N–H and O–H groups in total. The lowest BCUT2D eigenvalue weighted by Crippen LogP contribution is -2.31. The van der Waals surface area contributed by atoms with Gasteiger partial charge in [0.15, 0.2) is 0 Å². The fraction of sp³-hybridized carbons (Fsp3) is 0.125. The molecule has 0 atom stereocenters. The van der Waals surface area contributed by atoms with E-state index in [1.807, 2.05) is 67.6 Å². The van der Waals surface area contributed by atoms with Crippen molar-refractivity contribution in [1.82, 2.24) is 15.6 Å². The minimum Gasteiger partial charge on any atom is -0.355 e. The number of aryl methyl sites for hydroxylation is 1. The Hall–Kier alpha value is -4.48. The van der Waals surface area contributed by atoms with Crippen LogP contribution in [-0.4, -0.2) is 24.0 Å². The van der Waals surface area contributed by atoms with Crippen molar-refractivity contribution >= 4 is 28.2 Å². The van der Waals surface area contributed by atoms with Gasteiger partial charge in [0.1, 0.15) is 0 Å². The van der Waals surface area contributed by atoms with Crippen LogP contribution in [0.5, 0.6) is 0 Å². The Labute approximate surface area is 217 Å². The number of anilines is 2. The number of carbonyl (C=O) groups excluding carboxylic acids is 1. The standard InChI is InChI=1S/C32H30N4O/c1-23-19-31(29-15-5-6-16-30(29)35-23)36-28-14-8-13-27(21-28)32(37)34-18-17-33-22-24-9-7-12-26(20-24)25-10-3-2-4-11-25/h2-16,19-21,33H,17-18,22H2,1H3,(H,34,37)(H,35,36). The molecule has 0 fully saturated rings. The Kier molecular flexibility index (Phi) is 7.53. The number of hydrogen-bond acceptors (Lipinski definition) is 4. The summed E-state index contributed by atoms with van der Waals surface area (Å²) in [5.41, 5.74) is 7.96. The number of rotatable bonds is 9. The first kappa shape index (κ1) is 24.2. The molecule has 5 rings (SSSR count). The largest absolute Gasteiger partial charge is 0.355 e. The minimum absolute atomic E-state index is 0.0905. The summed E-state index contributed by atoms with van der Waals surface area (Å²) >= 11 is 0. The maximum Gasteiger partial charge on any atom is 0.251 e. The zero-order valence-corrected chi connectivity index (χ0v) is 20.9. The zero-order chi connectivity index (χ0) is 25.5. The van der Waals surface area contributed by atoms with E-state index >= 15 is 0 Å². The number of fused-ring (bicyclic) bond motifs is 1. The summed E-state index contributed by atoms with van der Waals surface area (Å²) in [5.74, 6) is -0.0905. The van der Waals surface area contributed by atoms with Crippen molar-refractivity contribution in [2.45, 2.75) is 13.5 Å². The summed E-state index contributed by atoms with van der Waals surface area (Å²) in [4.78, 5) is 17.4. The first-order valence-electron chi connectivity index (χ1n) is 12.5. The monoisotopic (exact) mass is 486 g/mol. The van der Waals surface area contributed by atoms with Gasteiger partial charge in [0.25, 0.3) is 5.91 Å². The van der Waals surface area contributed by atoms with E-state index in [0.29, 0.717) is 18.7 Å². The molecule has 1 heterocycles. The number of benzene rings is 4. The van der Waals surface area contributed by atoms with Crippen LogP contribution in [0.4, 0.5) is 11.4 Å². The third-order valence-electron chi connectivity index (χ3n) is 6.20. The van der Waals surface area contributed by atoms with Crippen LogP contribution in [0.15, 0.2) is 109 Å². The third-order valence-corrected chi connectivity index (χ3v) is 6.20. The average Bonchev–Trinajstić information content (AvgIpc) is 2.93. The normalized spacial score (nSPS) is 10.8. The number of amides is 1. The average molecular weight is 487 g/mol. The molecule has 4 aromatic carbocycles. The number of nitrogens with one attached hydrogen (secondary N) is 3. The van der Waals surface area contributed by atoms with Crippen molar-refractivity contribution < 1.29 is 4.79 Å². The van der Waals surface area contributed by atoms with E-state index in [1.165, 1.54) is 16.7 Å². The van der Waals surface area contributed by atoms with Gasteiger partial charge >= 0.3 is 0 Å². The van der Waals surface area contributed by atoms with Crippen LogP contribution in [0.2, 0.25) is 0 Å². The van der Waals surface area contributed by atoms with Crippen molar-refractivity contribution in [3.63, 3.8) is 0 Å². The highest BCUT2D eigenvalue weighted by atomic mass is 16.1. The number of aromatic nitrogens is 1. The second-order valence-electron chi connectivity index (χ2n) is 9.03. The molecule has 0 aliphatic heterocycles. The molecule has 0 saturated heterocycles. The van der Waals surface area contributed by atoms with Crippen molar-refractivity contribution in [1.29, 1.82) is 0 Å². The van der Waals surface area contributed by atoms with Gasteiger partial charge in [-0.25, -0.2) is 0 Å². The molecule has 0 spiro atoms. The van der Waals surface area contributed by atoms with Crippen LogP contribution in [0, 0.1) is 6.92 Å². The number of nitrogens with zero attached hydrogens (tertiary/aromatic N) is 1. The molecule has 0 bridgehead atoms. The topological polar surface area (TPSA) is 66.1 Å². The van der Waals surface area contributed by atoms with Gasteiger partial charge in [0.2, 0.25) is 0 Å². The number of carbonyl (C=O) groups is 1. The molecule has 0 radical (unpaired) electrons. The molecule has 0 saturated carbocycles. The van der Waals surface area contributed by atoms with Gasteiger partial charge in [-0.1, -0.05) is 72.8 Å². The van der Waals surface area contributed by atoms with Gasteiger partial charge in [-0.05, 0) is 60.0 Å². The van der Waals surface area contributed by atoms with E-state index in [9.17, 15) is 4.79 Å². The minimum atomic E-state index is -0.0905. The number of hydrogen-bond donors (Lipinski definition) is 3. The first-order valence-corrected chi connectivity index (χ1v) is 12.5. The molecule has 1 amide bonds. The highest BCUT2D eigenvalue weighted by molar-refractivity contribution is 5.96. The lowest BCUT2D eigenvalue weighted by molar-refractivity contribution is 0.0954. The Morgan fingerprint density at radius 1 is 0.757 bits per heavy atom. The van der Waals surface area contributed by atoms with E-state index < -0.39 is 0 Å². The Morgan fingerprint density at radius 3 is 2.43 bits per heavy atom. The Bertz CT molecular complexity index is 1510. The Morgan fingerprint density at radius 2 is 1.54 bits per heavy atom. The van der Waals surface area contributed by atoms with Crippen LogP contribution in [-0.2, 0) is 6.54 Å². The smallest absolute Gasteiger partial charge is 0.251 e. The molecular weight excluding hydrogens is 456 g/mol. The summed E-state index contributed by atoms with van der Waals surface area (Å²) < 4.78 is 0. The van der Waals surface area contributed by atoms with Crippen molar-refractivity contribution in [3.8, 4) is 11.1 Å². The predicted molar refractivity (Wildman–Crippen MR) is 152 cm³/mol. The molecule has 1 aromatic heterocycles. The molecule has 5 nitrogen and oxygen atoms in total. The van der Waals surface area contributed by atoms with Gasteiger partial charge in [-0.15, -0.1) is 0 Å². The van der Waals surface area contributed by atoms with Gasteiger partial charge in [-0.2, -0.15) is 0 Å². The summed E-state index contributed by atoms with van der Waals surface area (Å²) in [6.45, 7) is 3.95. The van der Waals surface area contributed by atoms with E-state index in [-0.39, 0.29) is 5.91 Å². The molecule has 0 aliphatic rings. The van der Waals surface area contributed by atoms with Crippen molar-refractivity contribution in [2.24, 2.45) is 0 Å². The first-order chi connectivity index (χ1) is 18.2. The fourth-order valence-electron chi connectivity index (χ4n) is 4.40. The second-order valence-corrected chi connectivity index (χ2v) is 9.03. The van der Waals surface area contributed by atoms with Gasteiger partial charge in [-0.3, -0.25) is 9.78 Å². The number of para-hydroxylation sites is 1. The lowest BCUT2D eigenvalue weighted by Gasteiger charge is -2.12. The summed E-state index contributed by atoms with van der Waals surface area (Å²) in [7, 11) is 0. The van der Waals surface area contributed by atoms with Crippen LogP contribution < -0.4 is 16.0 Å². The van der Waals surface area contributed by atoms with E-state index in [0.717, 1.165) is 34.5 Å². The zero-order valence-electron chi connectivity index (χ0n) is 20.9. The Balaban J connectivity index is 1.14. The van der Waals surface area contributed by atoms with Gasteiger partial charge < -0.3 is 16.0 Å². The van der Waals surface area contributed by atoms with Crippen molar-refractivity contribution in [3.05, 3.63) is 126 Å². The molecular formula is C32H30N4O. The maximum atomic E-state index is 12.8. The summed E-state index contributed by atoms with van der Waals surface area (Å²) in [5, 5.41) is 10.9. The van der Waals surface area contributed by atoms with Crippen LogP contribution in [0.25, 0.3) is 22.0 Å². The van der Waals surface area contributed by atoms with Crippen molar-refractivity contribution in [2.75, 3.05) is 18.4 Å². The SMILES string of the molecule is Cc1cc(Nc2cccc(C(=O)NCCNCc3cccc(-c4ccccc4)c3)c2)c2ccccc2n1. The lowest BCUT2D eigenvalue weighted by atomic mass is 10.0. The fourth-order valence-corrected chi connectivity index (χ4v) is 4.40. The molecule has 0 aliphatic carbocycles.